The molecule has 0 saturated carbocycles. The van der Waals surface area contributed by atoms with Gasteiger partial charge in [0.25, 0.3) is 0 Å². The maximum atomic E-state index is 12.4. The Bertz CT molecular complexity index is 752. The number of nitrogens with one attached hydrogen (secondary N) is 1. The summed E-state index contributed by atoms with van der Waals surface area (Å²) in [5, 5.41) is 40.8. The maximum Gasteiger partial charge on any atom is 0.451 e. The van der Waals surface area contributed by atoms with Gasteiger partial charge in [0.05, 0.1) is 19.1 Å². The van der Waals surface area contributed by atoms with Crippen LogP contribution in [0, 0.1) is 5.92 Å². The second kappa shape index (κ2) is 8.38. The Kier molecular flexibility index (Phi) is 6.12. The molecule has 0 spiro atoms. The summed E-state index contributed by atoms with van der Waals surface area (Å²) in [5.41, 5.74) is -0.0642. The van der Waals surface area contributed by atoms with Gasteiger partial charge in [0, 0.05) is 0 Å². The molecule has 10 heteroatoms. The summed E-state index contributed by atoms with van der Waals surface area (Å²) in [6.45, 7) is 3.64. The van der Waals surface area contributed by atoms with Crippen LogP contribution in [0.2, 0.25) is 6.32 Å². The zero-order valence-corrected chi connectivity index (χ0v) is 15.7. The number of aromatic hydroxyl groups is 1. The van der Waals surface area contributed by atoms with Gasteiger partial charge in [0.15, 0.2) is 0 Å². The molecule has 1 aromatic carbocycles. The van der Waals surface area contributed by atoms with E-state index in [9.17, 15) is 19.8 Å². The van der Waals surface area contributed by atoms with Gasteiger partial charge in [-0.05, 0) is 43.3 Å². The molecule has 2 aliphatic rings. The first kappa shape index (κ1) is 20.4. The van der Waals surface area contributed by atoms with Crippen LogP contribution in [0.1, 0.15) is 29.3 Å². The summed E-state index contributed by atoms with van der Waals surface area (Å²) in [4.78, 5) is 25.7. The number of carboxylic acid groups (broad SMARTS) is 1. The van der Waals surface area contributed by atoms with Crippen LogP contribution in [0.4, 0.5) is 0 Å². The van der Waals surface area contributed by atoms with Crippen LogP contribution in [0.3, 0.4) is 0 Å². The van der Waals surface area contributed by atoms with Gasteiger partial charge >= 0.3 is 13.1 Å². The quantitative estimate of drug-likeness (QED) is 0.399. The van der Waals surface area contributed by atoms with Crippen LogP contribution in [-0.4, -0.2) is 75.9 Å². The molecule has 2 fully saturated rings. The predicted molar refractivity (Wildman–Crippen MR) is 100 cm³/mol. The lowest BCUT2D eigenvalue weighted by Crippen LogP contribution is -2.59. The van der Waals surface area contributed by atoms with E-state index in [1.807, 2.05) is 0 Å². The highest BCUT2D eigenvalue weighted by atomic mass is 16.5. The van der Waals surface area contributed by atoms with Crippen molar-refractivity contribution in [3.05, 3.63) is 23.3 Å². The number of ether oxygens (including phenoxy) is 1. The number of hydrogen-bond acceptors (Lipinski definition) is 7. The number of nitrogens with zero attached hydrogens (tertiary/aromatic N) is 1. The second-order valence-corrected chi connectivity index (χ2v) is 7.56. The average molecular weight is 392 g/mol. The molecule has 9 nitrogen and oxygen atoms in total. The molecule has 5 N–H and O–H groups in total. The van der Waals surface area contributed by atoms with Crippen LogP contribution in [0.25, 0.3) is 0 Å². The number of carbonyl (C=O) groups excluding carboxylic acids is 1. The van der Waals surface area contributed by atoms with E-state index in [1.54, 1.807) is 4.90 Å². The Morgan fingerprint density at radius 3 is 2.61 bits per heavy atom. The Hall–Kier alpha value is -2.30. The fraction of sp³-hybridized carbons (Fsp3) is 0.556. The number of hydrogen-bond donors (Lipinski definition) is 5. The third-order valence-electron chi connectivity index (χ3n) is 5.21. The summed E-state index contributed by atoms with van der Waals surface area (Å²) >= 11 is 0. The van der Waals surface area contributed by atoms with Gasteiger partial charge in [-0.15, -0.1) is 0 Å². The number of benzene rings is 1. The van der Waals surface area contributed by atoms with Gasteiger partial charge in [0.2, 0.25) is 5.91 Å². The third kappa shape index (κ3) is 4.40. The molecule has 2 atom stereocenters. The molecular formula is C18H25BN2O7. The molecule has 0 bridgehead atoms. The van der Waals surface area contributed by atoms with Crippen molar-refractivity contribution in [1.82, 2.24) is 10.2 Å². The van der Waals surface area contributed by atoms with Crippen molar-refractivity contribution in [3.8, 4) is 11.5 Å². The molecule has 2 aliphatic heterocycles. The van der Waals surface area contributed by atoms with Crippen LogP contribution >= 0.6 is 0 Å². The number of phenols is 1. The largest absolute Gasteiger partial charge is 0.507 e. The summed E-state index contributed by atoms with van der Waals surface area (Å²) < 4.78 is 5.71. The summed E-state index contributed by atoms with van der Waals surface area (Å²) in [5.74, 6) is -1.25. The molecule has 2 unspecified atom stereocenters. The first-order chi connectivity index (χ1) is 13.3. The summed E-state index contributed by atoms with van der Waals surface area (Å²) in [6.07, 6.45) is 0.551. The molecule has 152 valence electrons. The van der Waals surface area contributed by atoms with Crippen LogP contribution in [0.5, 0.6) is 11.5 Å². The lowest BCUT2D eigenvalue weighted by atomic mass is 9.82. The number of aryl methyl sites for hydroxylation is 1. The Morgan fingerprint density at radius 1 is 1.32 bits per heavy atom. The number of rotatable bonds is 7. The van der Waals surface area contributed by atoms with Crippen molar-refractivity contribution in [2.45, 2.75) is 38.2 Å². The molecule has 2 saturated heterocycles. The topological polar surface area (TPSA) is 140 Å². The highest BCUT2D eigenvalue weighted by molar-refractivity contribution is 6.41. The number of likely N-dealkylation sites (tertiary alicyclic amines) is 1. The first-order valence-electron chi connectivity index (χ1n) is 9.39. The Morgan fingerprint density at radius 2 is 2.04 bits per heavy atom. The maximum absolute atomic E-state index is 12.4. The van der Waals surface area contributed by atoms with E-state index < -0.39 is 18.8 Å². The van der Waals surface area contributed by atoms with Gasteiger partial charge in [-0.1, -0.05) is 13.0 Å². The van der Waals surface area contributed by atoms with E-state index in [1.165, 1.54) is 12.1 Å². The summed E-state index contributed by atoms with van der Waals surface area (Å²) in [7, 11) is -1.54. The van der Waals surface area contributed by atoms with E-state index in [-0.39, 0.29) is 42.1 Å². The SMILES string of the molecule is CC1CNC(C(=O)N2CC(Oc3ccc(CCB(O)O)c(O)c3C(=O)O)C2)C1. The van der Waals surface area contributed by atoms with Crippen molar-refractivity contribution in [1.29, 1.82) is 0 Å². The molecule has 1 amide bonds. The van der Waals surface area contributed by atoms with E-state index in [4.69, 9.17) is 14.8 Å². The van der Waals surface area contributed by atoms with Crippen LogP contribution in [0.15, 0.2) is 12.1 Å². The van der Waals surface area contributed by atoms with Gasteiger partial charge in [-0.3, -0.25) is 4.79 Å². The number of carbonyl (C=O) groups is 2. The van der Waals surface area contributed by atoms with Gasteiger partial charge in [-0.25, -0.2) is 4.79 Å². The Labute approximate surface area is 163 Å². The molecule has 0 radical (unpaired) electrons. The van der Waals surface area contributed by atoms with E-state index in [2.05, 4.69) is 12.2 Å². The Balaban J connectivity index is 1.62. The van der Waals surface area contributed by atoms with Crippen LogP contribution < -0.4 is 10.1 Å². The van der Waals surface area contributed by atoms with E-state index in [0.29, 0.717) is 24.6 Å². The number of amides is 1. The molecular weight excluding hydrogens is 367 g/mol. The van der Waals surface area contributed by atoms with Crippen molar-refractivity contribution in [2.24, 2.45) is 5.92 Å². The van der Waals surface area contributed by atoms with Crippen molar-refractivity contribution >= 4 is 19.0 Å². The zero-order chi connectivity index (χ0) is 20.4. The molecule has 2 heterocycles. The number of carboxylic acids is 1. The average Bonchev–Trinajstić information content (AvgIpc) is 3.02. The van der Waals surface area contributed by atoms with Crippen molar-refractivity contribution < 1.29 is 34.6 Å². The molecule has 0 aromatic heterocycles. The molecule has 1 aromatic rings. The zero-order valence-electron chi connectivity index (χ0n) is 15.7. The lowest BCUT2D eigenvalue weighted by Gasteiger charge is -2.40. The van der Waals surface area contributed by atoms with E-state index in [0.717, 1.165) is 13.0 Å². The lowest BCUT2D eigenvalue weighted by molar-refractivity contribution is -0.142. The second-order valence-electron chi connectivity index (χ2n) is 7.56. The van der Waals surface area contributed by atoms with Crippen LogP contribution in [-0.2, 0) is 11.2 Å². The fourth-order valence-electron chi connectivity index (χ4n) is 3.60. The normalized spacial score (nSPS) is 22.0. The minimum absolute atomic E-state index is 0.0274. The van der Waals surface area contributed by atoms with Gasteiger partial charge in [-0.2, -0.15) is 0 Å². The molecule has 28 heavy (non-hydrogen) atoms. The standard InChI is InChI=1S/C18H25BN2O7/c1-10-6-13(20-7-10)17(23)21-8-12(9-21)28-14-3-2-11(4-5-19(26)27)16(22)15(14)18(24)25/h2-3,10,12-13,20,22,26-27H,4-9H2,1H3,(H,24,25). The van der Waals surface area contributed by atoms with Gasteiger partial charge < -0.3 is 35.2 Å². The smallest absolute Gasteiger partial charge is 0.451 e. The fourth-order valence-corrected chi connectivity index (χ4v) is 3.60. The minimum atomic E-state index is -1.54. The highest BCUT2D eigenvalue weighted by Crippen LogP contribution is 2.34. The molecule has 3 rings (SSSR count). The predicted octanol–water partition coefficient (Wildman–Crippen LogP) is -0.307. The minimum Gasteiger partial charge on any atom is -0.507 e. The van der Waals surface area contributed by atoms with Gasteiger partial charge in [0.1, 0.15) is 23.2 Å². The van der Waals surface area contributed by atoms with E-state index >= 15 is 0 Å². The monoisotopic (exact) mass is 392 g/mol. The number of aromatic carboxylic acids is 1. The highest BCUT2D eigenvalue weighted by Gasteiger charge is 2.38. The first-order valence-corrected chi connectivity index (χ1v) is 9.39. The van der Waals surface area contributed by atoms with Crippen molar-refractivity contribution in [3.63, 3.8) is 0 Å². The molecule has 0 aliphatic carbocycles. The van der Waals surface area contributed by atoms with Crippen molar-refractivity contribution in [2.75, 3.05) is 19.6 Å². The third-order valence-corrected chi connectivity index (χ3v) is 5.21. The summed E-state index contributed by atoms with van der Waals surface area (Å²) in [6, 6.07) is 2.79.